The number of nitrogens with one attached hydrogen (secondary N) is 1. The van der Waals surface area contributed by atoms with E-state index in [0.717, 1.165) is 17.7 Å². The molecule has 1 aliphatic rings. The van der Waals surface area contributed by atoms with Crippen LogP contribution < -0.4 is 10.1 Å². The van der Waals surface area contributed by atoms with Crippen molar-refractivity contribution in [1.82, 2.24) is 15.1 Å². The lowest BCUT2D eigenvalue weighted by Gasteiger charge is -2.17. The molecule has 3 rings (SSSR count). The Morgan fingerprint density at radius 2 is 1.90 bits per heavy atom. The monoisotopic (exact) mass is 568 g/mol. The zero-order valence-corrected chi connectivity index (χ0v) is 21.9. The molecule has 2 amide bonds. The third kappa shape index (κ3) is 7.57. The van der Waals surface area contributed by atoms with E-state index in [1.165, 1.54) is 29.1 Å². The number of amidine groups is 1. The zero-order valence-electron chi connectivity index (χ0n) is 21.1. The molecule has 1 heterocycles. The Morgan fingerprint density at radius 1 is 1.21 bits per heavy atom. The number of carbonyl (C=O) groups is 2. The molecule has 0 bridgehead atoms. The van der Waals surface area contributed by atoms with Crippen molar-refractivity contribution in [3.8, 4) is 5.75 Å². The molecule has 1 aliphatic heterocycles. The molecule has 0 fully saturated rings. The minimum atomic E-state index is -4.89. The summed E-state index contributed by atoms with van der Waals surface area (Å²) in [5.74, 6) is -0.898. The number of alkyl halides is 3. The Labute approximate surface area is 223 Å². The Bertz CT molecular complexity index is 1380. The van der Waals surface area contributed by atoms with Gasteiger partial charge in [0.2, 0.25) is 5.91 Å². The number of aliphatic imine (C=N–C) groups is 1. The number of nitrogens with zero attached hydrogens (tertiary/aromatic N) is 3. The number of ether oxygens (including phenoxy) is 1. The quantitative estimate of drug-likeness (QED) is 0.333. The van der Waals surface area contributed by atoms with Gasteiger partial charge in [0.25, 0.3) is 0 Å². The molecule has 0 saturated heterocycles. The van der Waals surface area contributed by atoms with Crippen molar-refractivity contribution in [2.24, 2.45) is 4.99 Å². The van der Waals surface area contributed by atoms with Crippen molar-refractivity contribution in [3.63, 3.8) is 0 Å². The predicted octanol–water partition coefficient (Wildman–Crippen LogP) is 2.99. The molecule has 39 heavy (non-hydrogen) atoms. The summed E-state index contributed by atoms with van der Waals surface area (Å²) in [7, 11) is -1.60. The van der Waals surface area contributed by atoms with E-state index in [1.807, 2.05) is 0 Å². The number of hydrogen-bond acceptors (Lipinski definition) is 7. The molecule has 0 aliphatic carbocycles. The van der Waals surface area contributed by atoms with Gasteiger partial charge in [-0.3, -0.25) is 20.0 Å². The van der Waals surface area contributed by atoms with Gasteiger partial charge in [-0.15, -0.1) is 0 Å². The van der Waals surface area contributed by atoms with Crippen LogP contribution in [0.2, 0.25) is 0 Å². The second-order valence-electron chi connectivity index (χ2n) is 8.51. The highest BCUT2D eigenvalue weighted by molar-refractivity contribution is 7.91. The van der Waals surface area contributed by atoms with E-state index in [-0.39, 0.29) is 24.7 Å². The van der Waals surface area contributed by atoms with Crippen LogP contribution in [0.1, 0.15) is 16.7 Å². The van der Waals surface area contributed by atoms with Gasteiger partial charge in [0.1, 0.15) is 17.5 Å². The van der Waals surface area contributed by atoms with E-state index >= 15 is 0 Å². The molecule has 10 nitrogen and oxygen atoms in total. The average Bonchev–Trinajstić information content (AvgIpc) is 3.38. The molecule has 2 aromatic rings. The number of rotatable bonds is 10. The molecule has 0 unspecified atom stereocenters. The second-order valence-corrected chi connectivity index (χ2v) is 10.5. The van der Waals surface area contributed by atoms with Crippen molar-refractivity contribution in [2.45, 2.75) is 17.6 Å². The summed E-state index contributed by atoms with van der Waals surface area (Å²) in [6, 6.07) is 9.57. The normalized spacial score (nSPS) is 14.0. The molecule has 0 saturated carbocycles. The first-order valence-corrected chi connectivity index (χ1v) is 13.2. The van der Waals surface area contributed by atoms with Gasteiger partial charge in [-0.25, -0.2) is 13.2 Å². The highest BCUT2D eigenvalue weighted by Gasteiger charge is 2.37. The molecule has 0 spiro atoms. The Hall–Kier alpha value is -3.91. The summed E-state index contributed by atoms with van der Waals surface area (Å²) in [4.78, 5) is 29.6. The summed E-state index contributed by atoms with van der Waals surface area (Å²) >= 11 is 0. The fourth-order valence-corrected chi connectivity index (χ4v) is 5.09. The zero-order chi connectivity index (χ0) is 28.8. The molecule has 0 aromatic heterocycles. The van der Waals surface area contributed by atoms with Crippen molar-refractivity contribution < 1.29 is 41.0 Å². The molecule has 210 valence electrons. The largest absolute Gasteiger partial charge is 0.497 e. The van der Waals surface area contributed by atoms with Crippen LogP contribution in [0.15, 0.2) is 64.5 Å². The van der Waals surface area contributed by atoms with E-state index < -0.39 is 38.4 Å². The highest BCUT2D eigenvalue weighted by Crippen LogP contribution is 2.36. The van der Waals surface area contributed by atoms with Crippen LogP contribution in [-0.4, -0.2) is 80.8 Å². The Kier molecular flexibility index (Phi) is 9.35. The molecule has 14 heteroatoms. The lowest BCUT2D eigenvalue weighted by atomic mass is 10.1. The minimum absolute atomic E-state index is 0.0762. The first-order valence-electron chi connectivity index (χ1n) is 11.6. The van der Waals surface area contributed by atoms with Crippen molar-refractivity contribution in [1.29, 1.82) is 0 Å². The number of sulfone groups is 1. The summed E-state index contributed by atoms with van der Waals surface area (Å²) in [6.07, 6.45) is -3.38. The average molecular weight is 569 g/mol. The number of carbonyl (C=O) groups excluding carboxylic acids is 1. The maximum Gasteiger partial charge on any atom is 0.417 e. The van der Waals surface area contributed by atoms with Gasteiger partial charge in [-0.1, -0.05) is 30.3 Å². The first kappa shape index (κ1) is 29.6. The predicted molar refractivity (Wildman–Crippen MR) is 136 cm³/mol. The summed E-state index contributed by atoms with van der Waals surface area (Å²) in [5.41, 5.74) is 0.109. The Morgan fingerprint density at radius 3 is 2.51 bits per heavy atom. The van der Waals surface area contributed by atoms with Crippen molar-refractivity contribution in [2.75, 3.05) is 39.7 Å². The van der Waals surface area contributed by atoms with E-state index in [9.17, 15) is 36.3 Å². The third-order valence-corrected chi connectivity index (χ3v) is 7.33. The van der Waals surface area contributed by atoms with E-state index in [0.29, 0.717) is 30.6 Å². The number of halogens is 3. The summed E-state index contributed by atoms with van der Waals surface area (Å²) < 4.78 is 69.9. The van der Waals surface area contributed by atoms with E-state index in [2.05, 4.69) is 10.3 Å². The standard InChI is InChI=1S/C25H27F3N4O6S/c1-31(15-17-5-7-18(8-6-17)23-30-12-13-32(23)24(34)35)22(33)4-3-11-29-16-39(36,37)21-10-9-19(38-2)14-20(21)25(26,27)28/h3-10,14,29H,11-13,15-16H2,1-2H3,(H,34,35)/b4-3+. The maximum absolute atomic E-state index is 13.4. The fraction of sp³-hybridized carbons (Fsp3) is 0.320. The number of methoxy groups -OCH3 is 1. The van der Waals surface area contributed by atoms with E-state index in [4.69, 9.17) is 4.74 Å². The van der Waals surface area contributed by atoms with Gasteiger partial charge in [0.05, 0.1) is 30.7 Å². The maximum atomic E-state index is 13.4. The Balaban J connectivity index is 1.52. The van der Waals surface area contributed by atoms with Crippen LogP contribution in [0.4, 0.5) is 18.0 Å². The van der Waals surface area contributed by atoms with Crippen LogP contribution in [0, 0.1) is 0 Å². The molecule has 0 atom stereocenters. The topological polar surface area (TPSA) is 129 Å². The molecule has 0 radical (unpaired) electrons. The van der Waals surface area contributed by atoms with Gasteiger partial charge in [-0.2, -0.15) is 13.2 Å². The lowest BCUT2D eigenvalue weighted by Crippen LogP contribution is -2.33. The third-order valence-electron chi connectivity index (χ3n) is 5.72. The highest BCUT2D eigenvalue weighted by atomic mass is 32.2. The molecular formula is C25H27F3N4O6S. The number of benzene rings is 2. The van der Waals surface area contributed by atoms with Crippen LogP contribution in [0.25, 0.3) is 0 Å². The number of amides is 2. The number of likely N-dealkylation sites (N-methyl/N-ethyl adjacent to an activating group) is 1. The number of carboxylic acid groups (broad SMARTS) is 1. The fourth-order valence-electron chi connectivity index (χ4n) is 3.76. The van der Waals surface area contributed by atoms with Gasteiger partial charge >= 0.3 is 12.3 Å². The number of hydrogen-bond donors (Lipinski definition) is 2. The SMILES string of the molecule is COc1ccc(S(=O)(=O)CNC/C=C/C(=O)N(C)Cc2ccc(C3=NCCN3C(=O)O)cc2)c(C(F)(F)F)c1. The minimum Gasteiger partial charge on any atom is -0.497 e. The summed E-state index contributed by atoms with van der Waals surface area (Å²) in [5, 5.41) is 11.8. The molecule has 2 aromatic carbocycles. The van der Waals surface area contributed by atoms with Gasteiger partial charge in [0.15, 0.2) is 9.84 Å². The lowest BCUT2D eigenvalue weighted by molar-refractivity contribution is -0.140. The van der Waals surface area contributed by atoms with Crippen LogP contribution in [-0.2, 0) is 27.4 Å². The van der Waals surface area contributed by atoms with Crippen LogP contribution in [0.3, 0.4) is 0 Å². The second kappa shape index (κ2) is 12.3. The van der Waals surface area contributed by atoms with Crippen LogP contribution >= 0.6 is 0 Å². The van der Waals surface area contributed by atoms with Crippen LogP contribution in [0.5, 0.6) is 5.75 Å². The summed E-state index contributed by atoms with van der Waals surface area (Å²) in [6.45, 7) is 0.863. The molecular weight excluding hydrogens is 541 g/mol. The molecule has 2 N–H and O–H groups in total. The van der Waals surface area contributed by atoms with Crippen molar-refractivity contribution >= 4 is 27.7 Å². The van der Waals surface area contributed by atoms with Gasteiger partial charge in [-0.05, 0) is 23.8 Å². The smallest absolute Gasteiger partial charge is 0.417 e. The van der Waals surface area contributed by atoms with E-state index in [1.54, 1.807) is 31.3 Å². The van der Waals surface area contributed by atoms with Crippen molar-refractivity contribution in [3.05, 3.63) is 71.3 Å². The first-order chi connectivity index (χ1) is 18.3. The van der Waals surface area contributed by atoms with Gasteiger partial charge < -0.3 is 14.7 Å². The van der Waals surface area contributed by atoms with Gasteiger partial charge in [0, 0.05) is 31.8 Å².